The van der Waals surface area contributed by atoms with Crippen molar-refractivity contribution in [1.29, 1.82) is 0 Å². The SMILES string of the molecule is Cc1ccc(N2CCN(CC(O)Cn3c(C)c(C)c4cc(F)ccc43)CC2)cc1. The lowest BCUT2D eigenvalue weighted by molar-refractivity contribution is 0.0956. The minimum Gasteiger partial charge on any atom is -0.390 e. The van der Waals surface area contributed by atoms with Crippen molar-refractivity contribution >= 4 is 16.6 Å². The fraction of sp³-hybridized carbons (Fsp3) is 0.417. The number of aliphatic hydroxyl groups is 1. The lowest BCUT2D eigenvalue weighted by Gasteiger charge is -2.37. The van der Waals surface area contributed by atoms with Crippen molar-refractivity contribution in [3.05, 3.63) is 65.1 Å². The molecule has 0 aliphatic carbocycles. The van der Waals surface area contributed by atoms with Crippen molar-refractivity contribution in [2.45, 2.75) is 33.4 Å². The van der Waals surface area contributed by atoms with Crippen LogP contribution in [0, 0.1) is 26.6 Å². The second kappa shape index (κ2) is 8.17. The van der Waals surface area contributed by atoms with E-state index in [1.54, 1.807) is 6.07 Å². The molecule has 4 nitrogen and oxygen atoms in total. The zero-order valence-electron chi connectivity index (χ0n) is 17.5. The maximum absolute atomic E-state index is 13.6. The quantitative estimate of drug-likeness (QED) is 0.711. The van der Waals surface area contributed by atoms with Crippen molar-refractivity contribution in [3.63, 3.8) is 0 Å². The van der Waals surface area contributed by atoms with E-state index in [1.807, 2.05) is 19.9 Å². The van der Waals surface area contributed by atoms with Crippen molar-refractivity contribution in [3.8, 4) is 0 Å². The summed E-state index contributed by atoms with van der Waals surface area (Å²) in [5.41, 5.74) is 5.71. The molecule has 0 spiro atoms. The van der Waals surface area contributed by atoms with Crippen LogP contribution in [0.15, 0.2) is 42.5 Å². The maximum atomic E-state index is 13.6. The monoisotopic (exact) mass is 395 g/mol. The van der Waals surface area contributed by atoms with Gasteiger partial charge in [-0.15, -0.1) is 0 Å². The molecule has 4 rings (SSSR count). The summed E-state index contributed by atoms with van der Waals surface area (Å²) in [5, 5.41) is 11.7. The number of aliphatic hydroxyl groups excluding tert-OH is 1. The van der Waals surface area contributed by atoms with E-state index in [2.05, 4.69) is 45.6 Å². The average molecular weight is 396 g/mol. The van der Waals surface area contributed by atoms with E-state index < -0.39 is 6.10 Å². The van der Waals surface area contributed by atoms with Crippen LogP contribution in [0.2, 0.25) is 0 Å². The summed E-state index contributed by atoms with van der Waals surface area (Å²) in [4.78, 5) is 4.74. The molecule has 0 saturated carbocycles. The minimum absolute atomic E-state index is 0.218. The molecule has 0 amide bonds. The fourth-order valence-corrected chi connectivity index (χ4v) is 4.37. The molecule has 5 heteroatoms. The molecule has 1 aliphatic rings. The Labute approximate surface area is 172 Å². The first-order valence-corrected chi connectivity index (χ1v) is 10.4. The number of hydrogen-bond acceptors (Lipinski definition) is 3. The Bertz CT molecular complexity index is 988. The molecule has 0 bridgehead atoms. The van der Waals surface area contributed by atoms with E-state index in [4.69, 9.17) is 0 Å². The first-order chi connectivity index (χ1) is 13.9. The van der Waals surface area contributed by atoms with E-state index in [9.17, 15) is 9.50 Å². The number of halogens is 1. The topological polar surface area (TPSA) is 31.6 Å². The third-order valence-corrected chi connectivity index (χ3v) is 6.23. The van der Waals surface area contributed by atoms with Crippen LogP contribution in [-0.4, -0.2) is 53.4 Å². The number of rotatable bonds is 5. The van der Waals surface area contributed by atoms with Crippen LogP contribution >= 0.6 is 0 Å². The maximum Gasteiger partial charge on any atom is 0.123 e. The molecule has 1 aliphatic heterocycles. The number of anilines is 1. The number of β-amino-alcohol motifs (C(OH)–C–C–N with tert-alkyl or cyclic N) is 1. The van der Waals surface area contributed by atoms with Crippen LogP contribution in [0.3, 0.4) is 0 Å². The lowest BCUT2D eigenvalue weighted by Crippen LogP contribution is -2.49. The van der Waals surface area contributed by atoms with Gasteiger partial charge in [0.25, 0.3) is 0 Å². The normalized spacial score (nSPS) is 16.5. The van der Waals surface area contributed by atoms with Gasteiger partial charge in [0.2, 0.25) is 0 Å². The Morgan fingerprint density at radius 2 is 1.62 bits per heavy atom. The van der Waals surface area contributed by atoms with Gasteiger partial charge in [-0.2, -0.15) is 0 Å². The molecule has 154 valence electrons. The molecule has 1 fully saturated rings. The number of aromatic nitrogens is 1. The van der Waals surface area contributed by atoms with Crippen LogP contribution < -0.4 is 4.90 Å². The Balaban J connectivity index is 1.37. The molecule has 1 aromatic heterocycles. The predicted octanol–water partition coefficient (Wildman–Crippen LogP) is 3.89. The molecule has 2 aromatic carbocycles. The number of benzene rings is 2. The van der Waals surface area contributed by atoms with Gasteiger partial charge in [-0.25, -0.2) is 4.39 Å². The third-order valence-electron chi connectivity index (χ3n) is 6.23. The highest BCUT2D eigenvalue weighted by Gasteiger charge is 2.21. The van der Waals surface area contributed by atoms with Gasteiger partial charge < -0.3 is 14.6 Å². The molecule has 1 atom stereocenters. The lowest BCUT2D eigenvalue weighted by atomic mass is 10.1. The van der Waals surface area contributed by atoms with Crippen molar-refractivity contribution < 1.29 is 9.50 Å². The number of fused-ring (bicyclic) bond motifs is 1. The molecular weight excluding hydrogens is 365 g/mol. The Morgan fingerprint density at radius 1 is 0.931 bits per heavy atom. The fourth-order valence-electron chi connectivity index (χ4n) is 4.37. The minimum atomic E-state index is -0.459. The number of nitrogens with zero attached hydrogens (tertiary/aromatic N) is 3. The second-order valence-corrected chi connectivity index (χ2v) is 8.26. The van der Waals surface area contributed by atoms with E-state index >= 15 is 0 Å². The van der Waals surface area contributed by atoms with Gasteiger partial charge in [0.15, 0.2) is 0 Å². The van der Waals surface area contributed by atoms with Crippen LogP contribution in [0.1, 0.15) is 16.8 Å². The van der Waals surface area contributed by atoms with Gasteiger partial charge in [-0.05, 0) is 56.7 Å². The van der Waals surface area contributed by atoms with Gasteiger partial charge in [0, 0.05) is 55.0 Å². The number of aryl methyl sites for hydroxylation is 2. The predicted molar refractivity (Wildman–Crippen MR) is 117 cm³/mol. The third kappa shape index (κ3) is 4.16. The first kappa shape index (κ1) is 19.9. The molecule has 2 heterocycles. The zero-order valence-corrected chi connectivity index (χ0v) is 17.5. The Morgan fingerprint density at radius 3 is 2.31 bits per heavy atom. The summed E-state index contributed by atoms with van der Waals surface area (Å²) in [7, 11) is 0. The Hall–Kier alpha value is -2.37. The number of piperazine rings is 1. The van der Waals surface area contributed by atoms with E-state index in [-0.39, 0.29) is 5.82 Å². The second-order valence-electron chi connectivity index (χ2n) is 8.26. The smallest absolute Gasteiger partial charge is 0.123 e. The molecule has 1 N–H and O–H groups in total. The summed E-state index contributed by atoms with van der Waals surface area (Å²) in [6.45, 7) is 11.2. The highest BCUT2D eigenvalue weighted by Crippen LogP contribution is 2.26. The van der Waals surface area contributed by atoms with E-state index in [1.165, 1.54) is 17.3 Å². The highest BCUT2D eigenvalue weighted by atomic mass is 19.1. The van der Waals surface area contributed by atoms with Gasteiger partial charge >= 0.3 is 0 Å². The van der Waals surface area contributed by atoms with E-state index in [0.29, 0.717) is 13.1 Å². The van der Waals surface area contributed by atoms with Crippen molar-refractivity contribution in [1.82, 2.24) is 9.47 Å². The van der Waals surface area contributed by atoms with Crippen LogP contribution in [0.25, 0.3) is 10.9 Å². The summed E-state index contributed by atoms with van der Waals surface area (Å²) < 4.78 is 15.8. The molecule has 1 unspecified atom stereocenters. The van der Waals surface area contributed by atoms with Gasteiger partial charge in [0.1, 0.15) is 5.82 Å². The average Bonchev–Trinajstić information content (AvgIpc) is 2.94. The zero-order chi connectivity index (χ0) is 20.5. The van der Waals surface area contributed by atoms with Gasteiger partial charge in [0.05, 0.1) is 12.6 Å². The number of hydrogen-bond donors (Lipinski definition) is 1. The molecule has 3 aromatic rings. The van der Waals surface area contributed by atoms with Gasteiger partial charge in [-0.3, -0.25) is 4.90 Å². The van der Waals surface area contributed by atoms with Crippen molar-refractivity contribution in [2.75, 3.05) is 37.6 Å². The summed E-state index contributed by atoms with van der Waals surface area (Å²) >= 11 is 0. The van der Waals surface area contributed by atoms with Crippen LogP contribution in [0.5, 0.6) is 0 Å². The summed E-state index contributed by atoms with van der Waals surface area (Å²) in [5.74, 6) is -0.218. The largest absolute Gasteiger partial charge is 0.390 e. The molecular formula is C24H30FN3O. The molecule has 29 heavy (non-hydrogen) atoms. The van der Waals surface area contributed by atoms with Crippen LogP contribution in [0.4, 0.5) is 10.1 Å². The van der Waals surface area contributed by atoms with E-state index in [0.717, 1.165) is 48.3 Å². The van der Waals surface area contributed by atoms with Crippen molar-refractivity contribution in [2.24, 2.45) is 0 Å². The standard InChI is InChI=1S/C24H30FN3O/c1-17-4-7-21(8-5-17)27-12-10-26(11-13-27)15-22(29)16-28-19(3)18(2)23-14-20(25)6-9-24(23)28/h4-9,14,22,29H,10-13,15-16H2,1-3H3. The molecule has 1 saturated heterocycles. The highest BCUT2D eigenvalue weighted by molar-refractivity contribution is 5.85. The van der Waals surface area contributed by atoms with Crippen LogP contribution in [-0.2, 0) is 6.54 Å². The summed E-state index contributed by atoms with van der Waals surface area (Å²) in [6.07, 6.45) is -0.459. The first-order valence-electron chi connectivity index (χ1n) is 10.4. The summed E-state index contributed by atoms with van der Waals surface area (Å²) in [6, 6.07) is 13.6. The van der Waals surface area contributed by atoms with Gasteiger partial charge in [-0.1, -0.05) is 17.7 Å². The Kier molecular flexibility index (Phi) is 5.61. The molecule has 0 radical (unpaired) electrons.